The molecule has 3 heteroatoms. The highest BCUT2D eigenvalue weighted by Gasteiger charge is 2.11. The van der Waals surface area contributed by atoms with Crippen LogP contribution in [0.2, 0.25) is 0 Å². The molecule has 0 aliphatic carbocycles. The van der Waals surface area contributed by atoms with Gasteiger partial charge in [-0.1, -0.05) is 37.6 Å². The molecule has 0 spiro atoms. The highest BCUT2D eigenvalue weighted by atomic mass is 16.5. The first-order valence-electron chi connectivity index (χ1n) is 7.86. The molecular weight excluding hydrogens is 262 g/mol. The summed E-state index contributed by atoms with van der Waals surface area (Å²) in [4.78, 5) is 0. The van der Waals surface area contributed by atoms with Crippen molar-refractivity contribution in [2.24, 2.45) is 0 Å². The molecule has 0 unspecified atom stereocenters. The van der Waals surface area contributed by atoms with Gasteiger partial charge >= 0.3 is 0 Å². The molecule has 1 N–H and O–H groups in total. The molecule has 0 saturated carbocycles. The molecule has 21 heavy (non-hydrogen) atoms. The molecule has 118 valence electrons. The zero-order valence-electron chi connectivity index (χ0n) is 14.0. The van der Waals surface area contributed by atoms with E-state index in [2.05, 4.69) is 31.3 Å². The number of hydrogen-bond donors (Lipinski definition) is 1. The largest absolute Gasteiger partial charge is 0.493 e. The van der Waals surface area contributed by atoms with Gasteiger partial charge in [-0.3, -0.25) is 0 Å². The molecule has 0 heterocycles. The number of hydrogen-bond acceptors (Lipinski definition) is 3. The second-order valence-electron chi connectivity index (χ2n) is 5.38. The molecule has 0 atom stereocenters. The molecule has 0 bridgehead atoms. The second-order valence-corrected chi connectivity index (χ2v) is 5.38. The summed E-state index contributed by atoms with van der Waals surface area (Å²) in [6.45, 7) is 10.4. The third-order valence-corrected chi connectivity index (χ3v) is 3.18. The van der Waals surface area contributed by atoms with Gasteiger partial charge in [0, 0.05) is 12.1 Å². The van der Waals surface area contributed by atoms with E-state index < -0.39 is 0 Å². The Morgan fingerprint density at radius 2 is 2.05 bits per heavy atom. The van der Waals surface area contributed by atoms with E-state index in [1.165, 1.54) is 5.57 Å². The third-order valence-electron chi connectivity index (χ3n) is 3.18. The molecule has 0 aliphatic rings. The van der Waals surface area contributed by atoms with Crippen molar-refractivity contribution in [3.63, 3.8) is 0 Å². The first kappa shape index (κ1) is 17.6. The van der Waals surface area contributed by atoms with E-state index in [1.54, 1.807) is 7.11 Å². The molecular formula is C18H29NO2. The SMILES string of the molecule is CCCNCC(=Cc1cccc(OC)c1OC(C)C)CC. The normalized spacial score (nSPS) is 11.8. The highest BCUT2D eigenvalue weighted by Crippen LogP contribution is 2.33. The molecule has 0 aliphatic heterocycles. The van der Waals surface area contributed by atoms with Gasteiger partial charge < -0.3 is 14.8 Å². The standard InChI is InChI=1S/C18H29NO2/c1-6-11-19-13-15(7-2)12-16-9-8-10-17(20-5)18(16)21-14(3)4/h8-10,12,14,19H,6-7,11,13H2,1-5H3. The molecule has 0 radical (unpaired) electrons. The van der Waals surface area contributed by atoms with Gasteiger partial charge in [-0.05, 0) is 39.3 Å². The Balaban J connectivity index is 3.03. The smallest absolute Gasteiger partial charge is 0.168 e. The van der Waals surface area contributed by atoms with Gasteiger partial charge in [-0.2, -0.15) is 0 Å². The topological polar surface area (TPSA) is 30.5 Å². The van der Waals surface area contributed by atoms with Crippen LogP contribution < -0.4 is 14.8 Å². The Hall–Kier alpha value is -1.48. The summed E-state index contributed by atoms with van der Waals surface area (Å²) in [6, 6.07) is 6.02. The summed E-state index contributed by atoms with van der Waals surface area (Å²) in [7, 11) is 1.68. The van der Waals surface area contributed by atoms with Crippen LogP contribution in [0.5, 0.6) is 11.5 Å². The predicted octanol–water partition coefficient (Wildman–Crippen LogP) is 4.28. The summed E-state index contributed by atoms with van der Waals surface area (Å²) in [5.41, 5.74) is 2.45. The van der Waals surface area contributed by atoms with Crippen molar-refractivity contribution in [1.29, 1.82) is 0 Å². The van der Waals surface area contributed by atoms with E-state index in [0.717, 1.165) is 43.0 Å². The Bertz CT molecular complexity index is 453. The summed E-state index contributed by atoms with van der Waals surface area (Å²) in [5.74, 6) is 1.62. The fraction of sp³-hybridized carbons (Fsp3) is 0.556. The van der Waals surface area contributed by atoms with Gasteiger partial charge in [0.2, 0.25) is 0 Å². The number of ether oxygens (including phenoxy) is 2. The fourth-order valence-electron chi connectivity index (χ4n) is 2.09. The summed E-state index contributed by atoms with van der Waals surface area (Å²) in [6.07, 6.45) is 4.51. The molecule has 1 aromatic carbocycles. The van der Waals surface area contributed by atoms with Crippen molar-refractivity contribution >= 4 is 6.08 Å². The number of para-hydroxylation sites is 1. The van der Waals surface area contributed by atoms with Crippen LogP contribution in [0.15, 0.2) is 23.8 Å². The molecule has 3 nitrogen and oxygen atoms in total. The summed E-state index contributed by atoms with van der Waals surface area (Å²) < 4.78 is 11.4. The van der Waals surface area contributed by atoms with Gasteiger partial charge in [0.1, 0.15) is 0 Å². The van der Waals surface area contributed by atoms with Crippen LogP contribution in [0.4, 0.5) is 0 Å². The Morgan fingerprint density at radius 3 is 2.62 bits per heavy atom. The lowest BCUT2D eigenvalue weighted by Gasteiger charge is -2.16. The van der Waals surface area contributed by atoms with Crippen molar-refractivity contribution in [2.75, 3.05) is 20.2 Å². The van der Waals surface area contributed by atoms with Crippen LogP contribution in [-0.2, 0) is 0 Å². The highest BCUT2D eigenvalue weighted by molar-refractivity contribution is 5.64. The number of nitrogens with one attached hydrogen (secondary N) is 1. The van der Waals surface area contributed by atoms with Gasteiger partial charge in [0.25, 0.3) is 0 Å². The lowest BCUT2D eigenvalue weighted by Crippen LogP contribution is -2.17. The molecule has 0 aromatic heterocycles. The number of benzene rings is 1. The van der Waals surface area contributed by atoms with Gasteiger partial charge in [0.05, 0.1) is 13.2 Å². The molecule has 0 fully saturated rings. The predicted molar refractivity (Wildman–Crippen MR) is 90.2 cm³/mol. The Labute approximate surface area is 129 Å². The lowest BCUT2D eigenvalue weighted by atomic mass is 10.1. The van der Waals surface area contributed by atoms with Crippen LogP contribution >= 0.6 is 0 Å². The minimum absolute atomic E-state index is 0.122. The minimum atomic E-state index is 0.122. The van der Waals surface area contributed by atoms with Gasteiger partial charge in [-0.25, -0.2) is 0 Å². The number of methoxy groups -OCH3 is 1. The maximum atomic E-state index is 5.95. The fourth-order valence-corrected chi connectivity index (χ4v) is 2.09. The van der Waals surface area contributed by atoms with E-state index >= 15 is 0 Å². The first-order valence-corrected chi connectivity index (χ1v) is 7.86. The van der Waals surface area contributed by atoms with Crippen molar-refractivity contribution in [2.45, 2.75) is 46.6 Å². The van der Waals surface area contributed by atoms with E-state index in [1.807, 2.05) is 26.0 Å². The van der Waals surface area contributed by atoms with E-state index in [-0.39, 0.29) is 6.10 Å². The summed E-state index contributed by atoms with van der Waals surface area (Å²) >= 11 is 0. The van der Waals surface area contributed by atoms with Crippen molar-refractivity contribution in [1.82, 2.24) is 5.32 Å². The zero-order chi connectivity index (χ0) is 15.7. The van der Waals surface area contributed by atoms with E-state index in [0.29, 0.717) is 0 Å². The number of rotatable bonds is 9. The Morgan fingerprint density at radius 1 is 1.29 bits per heavy atom. The first-order chi connectivity index (χ1) is 10.1. The van der Waals surface area contributed by atoms with Crippen LogP contribution in [0.3, 0.4) is 0 Å². The average molecular weight is 291 g/mol. The van der Waals surface area contributed by atoms with Crippen molar-refractivity contribution < 1.29 is 9.47 Å². The third kappa shape index (κ3) is 5.80. The van der Waals surface area contributed by atoms with E-state index in [9.17, 15) is 0 Å². The second kappa shape index (κ2) is 9.46. The van der Waals surface area contributed by atoms with Crippen molar-refractivity contribution in [3.05, 3.63) is 29.3 Å². The average Bonchev–Trinajstić information content (AvgIpc) is 2.47. The molecule has 1 aromatic rings. The maximum Gasteiger partial charge on any atom is 0.168 e. The summed E-state index contributed by atoms with van der Waals surface area (Å²) in [5, 5.41) is 3.45. The minimum Gasteiger partial charge on any atom is -0.493 e. The van der Waals surface area contributed by atoms with Crippen LogP contribution in [0, 0.1) is 0 Å². The lowest BCUT2D eigenvalue weighted by molar-refractivity contribution is 0.229. The van der Waals surface area contributed by atoms with Crippen molar-refractivity contribution in [3.8, 4) is 11.5 Å². The van der Waals surface area contributed by atoms with Crippen LogP contribution in [0.1, 0.15) is 46.1 Å². The van der Waals surface area contributed by atoms with Crippen LogP contribution in [0.25, 0.3) is 6.08 Å². The molecule has 0 amide bonds. The van der Waals surface area contributed by atoms with E-state index in [4.69, 9.17) is 9.47 Å². The van der Waals surface area contributed by atoms with Gasteiger partial charge in [-0.15, -0.1) is 0 Å². The Kier molecular flexibility index (Phi) is 7.91. The quantitative estimate of drug-likeness (QED) is 0.689. The molecule has 1 rings (SSSR count). The molecule has 0 saturated heterocycles. The zero-order valence-corrected chi connectivity index (χ0v) is 14.0. The monoisotopic (exact) mass is 291 g/mol. The van der Waals surface area contributed by atoms with Crippen LogP contribution in [-0.4, -0.2) is 26.3 Å². The van der Waals surface area contributed by atoms with Gasteiger partial charge in [0.15, 0.2) is 11.5 Å². The maximum absolute atomic E-state index is 5.95.